The van der Waals surface area contributed by atoms with Crippen molar-refractivity contribution in [3.05, 3.63) is 28.5 Å². The van der Waals surface area contributed by atoms with E-state index in [1.807, 2.05) is 6.07 Å². The summed E-state index contributed by atoms with van der Waals surface area (Å²) >= 11 is 3.29. The van der Waals surface area contributed by atoms with Crippen LogP contribution in [0.4, 0.5) is 0 Å². The van der Waals surface area contributed by atoms with E-state index in [4.69, 9.17) is 0 Å². The fraction of sp³-hybridized carbons (Fsp3) is 0.500. The predicted molar refractivity (Wildman–Crippen MR) is 69.9 cm³/mol. The topological polar surface area (TPSA) is 54.0 Å². The van der Waals surface area contributed by atoms with Crippen LogP contribution in [0.15, 0.2) is 22.8 Å². The molecule has 1 aliphatic rings. The van der Waals surface area contributed by atoms with Crippen LogP contribution < -0.4 is 10.6 Å². The van der Waals surface area contributed by atoms with E-state index in [1.165, 1.54) is 12.8 Å². The summed E-state index contributed by atoms with van der Waals surface area (Å²) in [4.78, 5) is 15.8. The Morgan fingerprint density at radius 1 is 1.59 bits per heavy atom. The van der Waals surface area contributed by atoms with Crippen molar-refractivity contribution in [2.24, 2.45) is 0 Å². The van der Waals surface area contributed by atoms with Crippen LogP contribution in [0.25, 0.3) is 0 Å². The third kappa shape index (κ3) is 3.78. The minimum atomic E-state index is -0.101. The number of carbonyl (C=O) groups excluding carboxylic acids is 1. The summed E-state index contributed by atoms with van der Waals surface area (Å²) in [6.07, 6.45) is 5.08. The summed E-state index contributed by atoms with van der Waals surface area (Å²) in [7, 11) is 0. The van der Waals surface area contributed by atoms with Crippen LogP contribution in [0.2, 0.25) is 0 Å². The van der Waals surface area contributed by atoms with Gasteiger partial charge < -0.3 is 10.6 Å². The predicted octanol–water partition coefficient (Wildman–Crippen LogP) is 1.72. The molecule has 0 unspecified atom stereocenters. The average Bonchev–Trinajstić information content (AvgIpc) is 2.83. The molecule has 2 N–H and O–H groups in total. The molecular weight excluding hydrogens is 282 g/mol. The van der Waals surface area contributed by atoms with Gasteiger partial charge in [0.15, 0.2) is 0 Å². The van der Waals surface area contributed by atoms with Crippen LogP contribution in [0, 0.1) is 0 Å². The Kier molecular flexibility index (Phi) is 4.50. The molecule has 1 amide bonds. The first-order chi connectivity index (χ1) is 8.25. The van der Waals surface area contributed by atoms with E-state index in [9.17, 15) is 4.79 Å². The zero-order valence-electron chi connectivity index (χ0n) is 9.58. The van der Waals surface area contributed by atoms with Crippen LogP contribution in [0.5, 0.6) is 0 Å². The van der Waals surface area contributed by atoms with E-state index in [2.05, 4.69) is 31.5 Å². The smallest absolute Gasteiger partial charge is 0.269 e. The highest BCUT2D eigenvalue weighted by Gasteiger charge is 2.14. The molecule has 0 spiro atoms. The maximum atomic E-state index is 11.7. The van der Waals surface area contributed by atoms with Gasteiger partial charge >= 0.3 is 0 Å². The van der Waals surface area contributed by atoms with Gasteiger partial charge in [-0.05, 0) is 53.9 Å². The molecule has 0 aliphatic carbocycles. The molecule has 4 nitrogen and oxygen atoms in total. The van der Waals surface area contributed by atoms with Crippen molar-refractivity contribution < 1.29 is 4.79 Å². The second-order valence-electron chi connectivity index (χ2n) is 4.20. The third-order valence-corrected chi connectivity index (χ3v) is 3.37. The van der Waals surface area contributed by atoms with Gasteiger partial charge in [0.1, 0.15) is 5.69 Å². The van der Waals surface area contributed by atoms with E-state index in [1.54, 1.807) is 12.3 Å². The summed E-state index contributed by atoms with van der Waals surface area (Å²) in [5, 5.41) is 6.29. The number of halogens is 1. The van der Waals surface area contributed by atoms with Crippen LogP contribution in [-0.4, -0.2) is 30.0 Å². The molecule has 1 aromatic heterocycles. The van der Waals surface area contributed by atoms with Crippen molar-refractivity contribution in [3.63, 3.8) is 0 Å². The molecule has 5 heteroatoms. The van der Waals surface area contributed by atoms with Crippen LogP contribution in [0.1, 0.15) is 29.8 Å². The molecule has 1 atom stereocenters. The number of nitrogens with zero attached hydrogens (tertiary/aromatic N) is 1. The molecule has 0 saturated carbocycles. The third-order valence-electron chi connectivity index (χ3n) is 2.90. The van der Waals surface area contributed by atoms with Gasteiger partial charge in [0, 0.05) is 23.3 Å². The molecule has 0 bridgehead atoms. The Morgan fingerprint density at radius 2 is 2.47 bits per heavy atom. The largest absolute Gasteiger partial charge is 0.351 e. The number of aromatic nitrogens is 1. The number of nitrogens with one attached hydrogen (secondary N) is 2. The van der Waals surface area contributed by atoms with Crippen LogP contribution in [0.3, 0.4) is 0 Å². The van der Waals surface area contributed by atoms with Gasteiger partial charge in [-0.3, -0.25) is 4.79 Å². The van der Waals surface area contributed by atoms with Crippen LogP contribution >= 0.6 is 15.9 Å². The molecule has 1 fully saturated rings. The van der Waals surface area contributed by atoms with E-state index in [0.29, 0.717) is 18.3 Å². The van der Waals surface area contributed by atoms with Crippen molar-refractivity contribution in [1.29, 1.82) is 0 Å². The van der Waals surface area contributed by atoms with Crippen molar-refractivity contribution >= 4 is 21.8 Å². The lowest BCUT2D eigenvalue weighted by molar-refractivity contribution is 0.0947. The van der Waals surface area contributed by atoms with Gasteiger partial charge in [0.25, 0.3) is 5.91 Å². The average molecular weight is 298 g/mol. The summed E-state index contributed by atoms with van der Waals surface area (Å²) in [6.45, 7) is 1.81. The summed E-state index contributed by atoms with van der Waals surface area (Å²) in [5.41, 5.74) is 0.465. The first kappa shape index (κ1) is 12.5. The summed E-state index contributed by atoms with van der Waals surface area (Å²) in [6, 6.07) is 4.10. The van der Waals surface area contributed by atoms with E-state index in [-0.39, 0.29) is 5.91 Å². The lowest BCUT2D eigenvalue weighted by Gasteiger charge is -2.10. The molecular formula is C12H16BrN3O. The van der Waals surface area contributed by atoms with E-state index < -0.39 is 0 Å². The fourth-order valence-electron chi connectivity index (χ4n) is 1.96. The molecule has 1 saturated heterocycles. The molecule has 1 aliphatic heterocycles. The number of carbonyl (C=O) groups is 1. The monoisotopic (exact) mass is 297 g/mol. The summed E-state index contributed by atoms with van der Waals surface area (Å²) < 4.78 is 0.879. The van der Waals surface area contributed by atoms with Crippen LogP contribution in [-0.2, 0) is 0 Å². The van der Waals surface area contributed by atoms with Gasteiger partial charge in [0.05, 0.1) is 0 Å². The zero-order valence-corrected chi connectivity index (χ0v) is 11.2. The maximum Gasteiger partial charge on any atom is 0.269 e. The SMILES string of the molecule is O=C(NCC[C@@H]1CCCN1)c1ccc(Br)cn1. The molecule has 2 heterocycles. The first-order valence-corrected chi connectivity index (χ1v) is 6.68. The Balaban J connectivity index is 1.75. The molecule has 2 rings (SSSR count). The number of amides is 1. The fourth-order valence-corrected chi connectivity index (χ4v) is 2.20. The first-order valence-electron chi connectivity index (χ1n) is 5.89. The quantitative estimate of drug-likeness (QED) is 0.890. The van der Waals surface area contributed by atoms with Crippen molar-refractivity contribution in [2.75, 3.05) is 13.1 Å². The minimum absolute atomic E-state index is 0.101. The Hall–Kier alpha value is -0.940. The second-order valence-corrected chi connectivity index (χ2v) is 5.12. The highest BCUT2D eigenvalue weighted by atomic mass is 79.9. The number of hydrogen-bond donors (Lipinski definition) is 2. The molecule has 17 heavy (non-hydrogen) atoms. The zero-order chi connectivity index (χ0) is 12.1. The Morgan fingerprint density at radius 3 is 3.12 bits per heavy atom. The molecule has 0 radical (unpaired) electrons. The minimum Gasteiger partial charge on any atom is -0.351 e. The lowest BCUT2D eigenvalue weighted by atomic mass is 10.1. The Labute approximate surface area is 109 Å². The molecule has 0 aromatic carbocycles. The van der Waals surface area contributed by atoms with Gasteiger partial charge in [-0.1, -0.05) is 0 Å². The standard InChI is InChI=1S/C12H16BrN3O/c13-9-3-4-11(16-8-9)12(17)15-7-5-10-2-1-6-14-10/h3-4,8,10,14H,1-2,5-7H2,(H,15,17)/t10-/m0/s1. The van der Waals surface area contributed by atoms with Crippen molar-refractivity contribution in [2.45, 2.75) is 25.3 Å². The maximum absolute atomic E-state index is 11.7. The lowest BCUT2D eigenvalue weighted by Crippen LogP contribution is -2.30. The normalized spacial score (nSPS) is 19.2. The number of rotatable bonds is 4. The van der Waals surface area contributed by atoms with Gasteiger partial charge in [-0.2, -0.15) is 0 Å². The van der Waals surface area contributed by atoms with Gasteiger partial charge in [-0.15, -0.1) is 0 Å². The number of hydrogen-bond acceptors (Lipinski definition) is 3. The molecule has 92 valence electrons. The van der Waals surface area contributed by atoms with Crippen molar-refractivity contribution in [3.8, 4) is 0 Å². The van der Waals surface area contributed by atoms with Gasteiger partial charge in [-0.25, -0.2) is 4.98 Å². The second kappa shape index (κ2) is 6.12. The highest BCUT2D eigenvalue weighted by molar-refractivity contribution is 9.10. The van der Waals surface area contributed by atoms with E-state index in [0.717, 1.165) is 17.4 Å². The van der Waals surface area contributed by atoms with Crippen molar-refractivity contribution in [1.82, 2.24) is 15.6 Å². The van der Waals surface area contributed by atoms with Gasteiger partial charge in [0.2, 0.25) is 0 Å². The molecule has 1 aromatic rings. The Bertz CT molecular complexity index is 374. The van der Waals surface area contributed by atoms with E-state index >= 15 is 0 Å². The highest BCUT2D eigenvalue weighted by Crippen LogP contribution is 2.09. The number of pyridine rings is 1. The summed E-state index contributed by atoms with van der Waals surface area (Å²) in [5.74, 6) is -0.101.